The van der Waals surface area contributed by atoms with Crippen LogP contribution in [-0.4, -0.2) is 97.9 Å². The highest BCUT2D eigenvalue weighted by Crippen LogP contribution is 2.43. The van der Waals surface area contributed by atoms with E-state index in [9.17, 15) is 8.42 Å². The van der Waals surface area contributed by atoms with E-state index in [1.165, 1.54) is 77.5 Å². The second-order valence-corrected chi connectivity index (χ2v) is 21.2. The van der Waals surface area contributed by atoms with Gasteiger partial charge in [0, 0.05) is 60.0 Å². The first kappa shape index (κ1) is 43.8. The van der Waals surface area contributed by atoms with Crippen molar-refractivity contribution in [2.75, 3.05) is 39.3 Å². The first-order valence-electron chi connectivity index (χ1n) is 23.5. The number of primary sulfonamides is 1. The van der Waals surface area contributed by atoms with Crippen LogP contribution in [0.1, 0.15) is 64.2 Å². The molecule has 2 saturated carbocycles. The monoisotopic (exact) mass is 979 g/mol. The molecule has 0 amide bonds. The Balaban J connectivity index is 0.000000159. The van der Waals surface area contributed by atoms with Gasteiger partial charge in [-0.15, -0.1) is 0 Å². The molecule has 2 saturated heterocycles. The van der Waals surface area contributed by atoms with E-state index in [1.54, 1.807) is 45.7 Å². The van der Waals surface area contributed by atoms with Crippen molar-refractivity contribution in [3.05, 3.63) is 127 Å². The van der Waals surface area contributed by atoms with E-state index in [1.807, 2.05) is 49.1 Å². The molecule has 2 N–H and O–H groups in total. The molecule has 2 aliphatic heterocycles. The minimum absolute atomic E-state index is 0.0263. The van der Waals surface area contributed by atoms with Gasteiger partial charge in [-0.05, 0) is 146 Å². The van der Waals surface area contributed by atoms with Crippen LogP contribution in [0.25, 0.3) is 55.4 Å². The van der Waals surface area contributed by atoms with Crippen LogP contribution in [0.5, 0.6) is 11.5 Å². The zero-order valence-corrected chi connectivity index (χ0v) is 39.8. The summed E-state index contributed by atoms with van der Waals surface area (Å²) in [6, 6.07) is 27.2. The van der Waals surface area contributed by atoms with Crippen molar-refractivity contribution in [2.24, 2.45) is 5.14 Å². The number of rotatable bonds is 12. The maximum absolute atomic E-state index is 12.1. The van der Waals surface area contributed by atoms with Crippen molar-refractivity contribution in [2.45, 2.75) is 80.3 Å². The minimum Gasteiger partial charge on any atom is -0.486 e. The summed E-state index contributed by atoms with van der Waals surface area (Å²) in [5.41, 5.74) is 7.32. The van der Waals surface area contributed by atoms with Crippen molar-refractivity contribution in [3.8, 4) is 44.9 Å². The van der Waals surface area contributed by atoms with Gasteiger partial charge < -0.3 is 9.47 Å². The van der Waals surface area contributed by atoms with Gasteiger partial charge in [0.15, 0.2) is 11.3 Å². The summed E-state index contributed by atoms with van der Waals surface area (Å²) in [7, 11) is -3.86. The third-order valence-electron chi connectivity index (χ3n) is 13.7. The van der Waals surface area contributed by atoms with Gasteiger partial charge in [-0.2, -0.15) is 10.2 Å². The van der Waals surface area contributed by atoms with E-state index in [4.69, 9.17) is 19.6 Å². The quantitative estimate of drug-likeness (QED) is 0.126. The summed E-state index contributed by atoms with van der Waals surface area (Å²) in [4.78, 5) is 14.5. The number of benzene rings is 4. The summed E-state index contributed by atoms with van der Waals surface area (Å²) in [6.45, 7) is 6.92. The Morgan fingerprint density at radius 3 is 1.57 bits per heavy atom. The van der Waals surface area contributed by atoms with Crippen molar-refractivity contribution in [1.82, 2.24) is 39.0 Å². The third kappa shape index (κ3) is 9.57. The van der Waals surface area contributed by atoms with E-state index in [-0.39, 0.29) is 16.1 Å². The van der Waals surface area contributed by atoms with E-state index in [0.29, 0.717) is 11.0 Å². The van der Waals surface area contributed by atoms with Crippen molar-refractivity contribution in [1.29, 1.82) is 0 Å². The second-order valence-electron chi connectivity index (χ2n) is 18.8. The van der Waals surface area contributed by atoms with Gasteiger partial charge in [-0.25, -0.2) is 32.6 Å². The molecule has 0 spiro atoms. The minimum atomic E-state index is -3.86. The molecule has 8 aromatic rings. The molecule has 0 atom stereocenters. The number of ether oxygens (including phenoxy) is 2. The van der Waals surface area contributed by atoms with Crippen LogP contribution in [0.3, 0.4) is 0 Å². The maximum Gasteiger partial charge on any atom is 0.238 e. The molecule has 4 aromatic carbocycles. The molecule has 6 heterocycles. The third-order valence-corrected chi connectivity index (χ3v) is 15.3. The Kier molecular flexibility index (Phi) is 11.8. The molecule has 2 aliphatic carbocycles. The van der Waals surface area contributed by atoms with Gasteiger partial charge in [0.2, 0.25) is 10.0 Å². The summed E-state index contributed by atoms with van der Waals surface area (Å²) in [6.07, 6.45) is 23.8. The first-order chi connectivity index (χ1) is 32.6. The van der Waals surface area contributed by atoms with Crippen molar-refractivity contribution in [3.63, 3.8) is 0 Å². The number of nitrogens with zero attached hydrogens (tertiary/aromatic N) is 8. The summed E-state index contributed by atoms with van der Waals surface area (Å²) in [5, 5.41) is 15.7. The van der Waals surface area contributed by atoms with Crippen LogP contribution < -0.4 is 14.6 Å². The van der Waals surface area contributed by atoms with E-state index >= 15 is 0 Å². The molecule has 13 nitrogen and oxygen atoms in total. The first-order valence-corrected chi connectivity index (χ1v) is 25.8. The molecule has 4 aromatic heterocycles. The normalized spacial score (nSPS) is 18.1. The Bertz CT molecular complexity index is 3170. The van der Waals surface area contributed by atoms with Gasteiger partial charge in [-0.1, -0.05) is 67.4 Å². The average molecular weight is 981 g/mol. The van der Waals surface area contributed by atoms with E-state index in [0.717, 1.165) is 86.3 Å². The number of hydrogen-bond acceptors (Lipinski definition) is 10. The van der Waals surface area contributed by atoms with Gasteiger partial charge >= 0.3 is 0 Å². The summed E-state index contributed by atoms with van der Waals surface area (Å²) in [5.74, 6) is 1.87. The molecule has 12 rings (SSSR count). The lowest BCUT2D eigenvalue weighted by Gasteiger charge is -2.30. The molecule has 0 unspecified atom stereocenters. The maximum atomic E-state index is 12.1. The number of halogens is 1. The number of aromatic nitrogens is 6. The molecule has 4 fully saturated rings. The summed E-state index contributed by atoms with van der Waals surface area (Å²) >= 11 is 3.46. The van der Waals surface area contributed by atoms with Crippen LogP contribution >= 0.6 is 15.9 Å². The molecule has 67 heavy (non-hydrogen) atoms. The largest absolute Gasteiger partial charge is 0.486 e. The number of sulfonamides is 1. The molecule has 15 heteroatoms. The number of nitrogens with two attached hydrogens (primary N) is 1. The Hall–Kier alpha value is -5.71. The molecule has 0 radical (unpaired) electrons. The predicted octanol–water partition coefficient (Wildman–Crippen LogP) is 9.82. The predicted molar refractivity (Wildman–Crippen MR) is 265 cm³/mol. The van der Waals surface area contributed by atoms with Crippen LogP contribution in [-0.2, 0) is 10.0 Å². The lowest BCUT2D eigenvalue weighted by Crippen LogP contribution is -2.40. The SMILES string of the molecule is Brc1cnn2cc(-c3ccc(OC4(CN5CCCCC5)CC4)cc3)cnc12.NS(=O)(=O)c1ccc(-c2cnn3cc(-c4ccc(OC5(CN6CCCCC6)CC5)cc4)cnc23)c2ccccc12. The smallest absolute Gasteiger partial charge is 0.238 e. The van der Waals surface area contributed by atoms with Gasteiger partial charge in [0.25, 0.3) is 0 Å². The van der Waals surface area contributed by atoms with E-state index < -0.39 is 10.0 Å². The van der Waals surface area contributed by atoms with Gasteiger partial charge in [-0.3, -0.25) is 9.80 Å². The molecule has 344 valence electrons. The lowest BCUT2D eigenvalue weighted by atomic mass is 10.00. The van der Waals surface area contributed by atoms with Crippen LogP contribution in [0.4, 0.5) is 0 Å². The molecular formula is C52H54BrN9O4S. The lowest BCUT2D eigenvalue weighted by molar-refractivity contribution is 0.101. The highest BCUT2D eigenvalue weighted by molar-refractivity contribution is 9.10. The Labute approximate surface area is 399 Å². The second kappa shape index (κ2) is 18.1. The fraction of sp³-hybridized carbons (Fsp3) is 0.346. The number of fused-ring (bicyclic) bond motifs is 3. The zero-order chi connectivity index (χ0) is 45.6. The molecule has 4 aliphatic rings. The molecular weight excluding hydrogens is 927 g/mol. The van der Waals surface area contributed by atoms with Crippen molar-refractivity contribution >= 4 is 48.0 Å². The highest BCUT2D eigenvalue weighted by atomic mass is 79.9. The zero-order valence-electron chi connectivity index (χ0n) is 37.4. The van der Waals surface area contributed by atoms with Crippen LogP contribution in [0, 0.1) is 0 Å². The standard InChI is InChI=1S/C31H31N5O3S.C21H23BrN4O/c32-40(37,38)29-13-12-26(25-6-2-3-7-27(25)29)28-19-34-36-20-23(18-33-30(28)36)22-8-10-24(11-9-22)39-31(14-15-31)21-35-16-4-1-5-17-35;22-19-13-24-26-14-17(12-23-20(19)26)16-4-6-18(7-5-16)27-21(8-9-21)15-25-10-2-1-3-11-25/h2-3,6-13,18-20H,1,4-5,14-17,21H2,(H2,32,37,38);4-7,12-14H,1-3,8-11,15H2. The van der Waals surface area contributed by atoms with E-state index in [2.05, 4.69) is 77.3 Å². The topological polar surface area (TPSA) is 145 Å². The fourth-order valence-corrected chi connectivity index (χ4v) is 10.9. The highest BCUT2D eigenvalue weighted by Gasteiger charge is 2.47. The Morgan fingerprint density at radius 2 is 1.04 bits per heavy atom. The number of hydrogen-bond donors (Lipinski definition) is 1. The number of piperidine rings is 2. The fourth-order valence-electron chi connectivity index (χ4n) is 9.81. The van der Waals surface area contributed by atoms with Crippen LogP contribution in [0.2, 0.25) is 0 Å². The number of likely N-dealkylation sites (tertiary alicyclic amines) is 2. The average Bonchev–Trinajstić information content (AvgIpc) is 4.21. The van der Waals surface area contributed by atoms with Crippen molar-refractivity contribution < 1.29 is 17.9 Å². The molecule has 0 bridgehead atoms. The summed E-state index contributed by atoms with van der Waals surface area (Å²) < 4.78 is 41.6. The van der Waals surface area contributed by atoms with Gasteiger partial charge in [0.05, 0.1) is 21.8 Å². The van der Waals surface area contributed by atoms with Crippen LogP contribution in [0.15, 0.2) is 131 Å². The van der Waals surface area contributed by atoms with Gasteiger partial charge in [0.1, 0.15) is 22.7 Å². The Morgan fingerprint density at radius 1 is 0.552 bits per heavy atom.